The predicted molar refractivity (Wildman–Crippen MR) is 70.6 cm³/mol. The Labute approximate surface area is 108 Å². The third-order valence-corrected chi connectivity index (χ3v) is 3.68. The molecule has 98 valence electrons. The van der Waals surface area contributed by atoms with Crippen LogP contribution in [0, 0.1) is 11.3 Å². The fourth-order valence-electron chi connectivity index (χ4n) is 1.69. The average Bonchev–Trinajstić information content (AvgIpc) is 2.36. The molecule has 3 nitrogen and oxygen atoms in total. The highest BCUT2D eigenvalue weighted by atomic mass is 16.4. The van der Waals surface area contributed by atoms with Crippen LogP contribution in [0.15, 0.2) is 30.3 Å². The number of carboxylic acids is 1. The van der Waals surface area contributed by atoms with Crippen molar-refractivity contribution in [3.8, 4) is 0 Å². The third kappa shape index (κ3) is 3.42. The summed E-state index contributed by atoms with van der Waals surface area (Å²) in [6, 6.07) is 9.10. The quantitative estimate of drug-likeness (QED) is 0.785. The van der Waals surface area contributed by atoms with E-state index in [1.165, 1.54) is 0 Å². The van der Waals surface area contributed by atoms with Crippen LogP contribution in [-0.4, -0.2) is 16.9 Å². The lowest BCUT2D eigenvalue weighted by Gasteiger charge is -2.26. The van der Waals surface area contributed by atoms with Gasteiger partial charge in [-0.3, -0.25) is 9.59 Å². The van der Waals surface area contributed by atoms with E-state index in [4.69, 9.17) is 5.11 Å². The number of carboxylic acid groups (broad SMARTS) is 1. The van der Waals surface area contributed by atoms with Gasteiger partial charge < -0.3 is 5.11 Å². The van der Waals surface area contributed by atoms with Crippen molar-refractivity contribution >= 4 is 11.8 Å². The normalized spacial score (nSPS) is 13.1. The molecule has 0 aliphatic rings. The number of aliphatic carboxylic acids is 1. The van der Waals surface area contributed by atoms with Crippen molar-refractivity contribution in [1.82, 2.24) is 0 Å². The zero-order valence-electron chi connectivity index (χ0n) is 11.1. The van der Waals surface area contributed by atoms with Gasteiger partial charge in [0.15, 0.2) is 5.78 Å². The molecule has 0 saturated heterocycles. The topological polar surface area (TPSA) is 54.4 Å². The van der Waals surface area contributed by atoms with Gasteiger partial charge in [0.2, 0.25) is 0 Å². The van der Waals surface area contributed by atoms with Gasteiger partial charge in [0.05, 0.1) is 5.41 Å². The van der Waals surface area contributed by atoms with Gasteiger partial charge in [0.25, 0.3) is 0 Å². The van der Waals surface area contributed by atoms with Crippen LogP contribution in [0.4, 0.5) is 0 Å². The van der Waals surface area contributed by atoms with Crippen molar-refractivity contribution in [2.75, 3.05) is 0 Å². The molecule has 0 heterocycles. The zero-order chi connectivity index (χ0) is 13.8. The summed E-state index contributed by atoms with van der Waals surface area (Å²) in [6.07, 6.45) is 0.981. The lowest BCUT2D eigenvalue weighted by molar-refractivity contribution is -0.149. The summed E-state index contributed by atoms with van der Waals surface area (Å²) in [5.74, 6) is -0.784. The Morgan fingerprint density at radius 3 is 2.28 bits per heavy atom. The van der Waals surface area contributed by atoms with Crippen LogP contribution >= 0.6 is 0 Å². The molecule has 0 bridgehead atoms. The Bertz CT molecular complexity index is 421. The molecule has 0 radical (unpaired) electrons. The Hall–Kier alpha value is -1.64. The molecule has 0 aliphatic carbocycles. The maximum atomic E-state index is 11.9. The molecule has 1 unspecified atom stereocenters. The third-order valence-electron chi connectivity index (χ3n) is 3.68. The van der Waals surface area contributed by atoms with E-state index in [1.54, 1.807) is 26.0 Å². The van der Waals surface area contributed by atoms with Crippen LogP contribution in [0.3, 0.4) is 0 Å². The molecule has 1 rings (SSSR count). The maximum Gasteiger partial charge on any atom is 0.309 e. The minimum Gasteiger partial charge on any atom is -0.481 e. The molecule has 0 aliphatic heterocycles. The standard InChI is InChI=1S/C15H20O3/c1-11(15(2,3)14(17)18)9-10-13(16)12-7-5-4-6-8-12/h4-8,11H,9-10H2,1-3H3,(H,17,18). The molecule has 0 spiro atoms. The first-order valence-electron chi connectivity index (χ1n) is 6.17. The molecule has 0 saturated carbocycles. The van der Waals surface area contributed by atoms with E-state index in [0.29, 0.717) is 18.4 Å². The summed E-state index contributed by atoms with van der Waals surface area (Å²) in [7, 11) is 0. The SMILES string of the molecule is CC(CCC(=O)c1ccccc1)C(C)(C)C(=O)O. The molecule has 0 fully saturated rings. The van der Waals surface area contributed by atoms with Gasteiger partial charge in [-0.25, -0.2) is 0 Å². The van der Waals surface area contributed by atoms with Crippen molar-refractivity contribution in [2.24, 2.45) is 11.3 Å². The largest absolute Gasteiger partial charge is 0.481 e. The zero-order valence-corrected chi connectivity index (χ0v) is 11.1. The molecule has 1 aromatic carbocycles. The Morgan fingerprint density at radius 2 is 1.78 bits per heavy atom. The lowest BCUT2D eigenvalue weighted by atomic mass is 9.77. The minimum absolute atomic E-state index is 0.0392. The van der Waals surface area contributed by atoms with Crippen LogP contribution < -0.4 is 0 Å². The highest BCUT2D eigenvalue weighted by molar-refractivity contribution is 5.96. The summed E-state index contributed by atoms with van der Waals surface area (Å²) < 4.78 is 0. The van der Waals surface area contributed by atoms with Gasteiger partial charge in [0, 0.05) is 12.0 Å². The van der Waals surface area contributed by atoms with Gasteiger partial charge in [-0.2, -0.15) is 0 Å². The highest BCUT2D eigenvalue weighted by Gasteiger charge is 2.33. The number of carbonyl (C=O) groups excluding carboxylic acids is 1. The molecule has 0 amide bonds. The fourth-order valence-corrected chi connectivity index (χ4v) is 1.69. The molecule has 3 heteroatoms. The van der Waals surface area contributed by atoms with E-state index in [0.717, 1.165) is 0 Å². The molecular weight excluding hydrogens is 228 g/mol. The van der Waals surface area contributed by atoms with Crippen molar-refractivity contribution in [2.45, 2.75) is 33.6 Å². The number of carbonyl (C=O) groups is 2. The van der Waals surface area contributed by atoms with Gasteiger partial charge in [-0.1, -0.05) is 37.3 Å². The fraction of sp³-hybridized carbons (Fsp3) is 0.467. The summed E-state index contributed by atoms with van der Waals surface area (Å²) >= 11 is 0. The van der Waals surface area contributed by atoms with E-state index in [-0.39, 0.29) is 11.7 Å². The van der Waals surface area contributed by atoms with Crippen LogP contribution in [0.2, 0.25) is 0 Å². The number of rotatable bonds is 6. The minimum atomic E-state index is -0.817. The Morgan fingerprint density at radius 1 is 1.22 bits per heavy atom. The van der Waals surface area contributed by atoms with E-state index < -0.39 is 11.4 Å². The first-order chi connectivity index (χ1) is 8.35. The van der Waals surface area contributed by atoms with Gasteiger partial charge >= 0.3 is 5.97 Å². The molecule has 1 atom stereocenters. The summed E-state index contributed by atoms with van der Waals surface area (Å²) in [5, 5.41) is 9.11. The van der Waals surface area contributed by atoms with Gasteiger partial charge in [-0.05, 0) is 26.2 Å². The molecule has 18 heavy (non-hydrogen) atoms. The Balaban J connectivity index is 2.56. The lowest BCUT2D eigenvalue weighted by Crippen LogP contribution is -2.31. The van der Waals surface area contributed by atoms with Gasteiger partial charge in [0.1, 0.15) is 0 Å². The van der Waals surface area contributed by atoms with Crippen molar-refractivity contribution < 1.29 is 14.7 Å². The maximum absolute atomic E-state index is 11.9. The number of ketones is 1. The monoisotopic (exact) mass is 248 g/mol. The first-order valence-corrected chi connectivity index (χ1v) is 6.17. The Kier molecular flexibility index (Phi) is 4.65. The summed E-state index contributed by atoms with van der Waals surface area (Å²) in [5.41, 5.74) is -0.102. The number of hydrogen-bond acceptors (Lipinski definition) is 2. The second kappa shape index (κ2) is 5.80. The van der Waals surface area contributed by atoms with Crippen molar-refractivity contribution in [1.29, 1.82) is 0 Å². The van der Waals surface area contributed by atoms with E-state index in [1.807, 2.05) is 25.1 Å². The van der Waals surface area contributed by atoms with Crippen molar-refractivity contribution in [3.63, 3.8) is 0 Å². The van der Waals surface area contributed by atoms with E-state index >= 15 is 0 Å². The van der Waals surface area contributed by atoms with Crippen LogP contribution in [-0.2, 0) is 4.79 Å². The average molecular weight is 248 g/mol. The number of benzene rings is 1. The first kappa shape index (κ1) is 14.4. The molecule has 0 aromatic heterocycles. The number of hydrogen-bond donors (Lipinski definition) is 1. The molecule has 1 aromatic rings. The van der Waals surface area contributed by atoms with E-state index in [9.17, 15) is 9.59 Å². The number of Topliss-reactive ketones (excluding diaryl/α,β-unsaturated/α-hetero) is 1. The molecular formula is C15H20O3. The van der Waals surface area contributed by atoms with Crippen LogP contribution in [0.25, 0.3) is 0 Å². The molecule has 1 N–H and O–H groups in total. The predicted octanol–water partition coefficient (Wildman–Crippen LogP) is 3.40. The summed E-state index contributed by atoms with van der Waals surface area (Å²) in [6.45, 7) is 5.28. The second-order valence-electron chi connectivity index (χ2n) is 5.26. The van der Waals surface area contributed by atoms with Crippen molar-refractivity contribution in [3.05, 3.63) is 35.9 Å². The second-order valence-corrected chi connectivity index (χ2v) is 5.26. The van der Waals surface area contributed by atoms with Crippen LogP contribution in [0.5, 0.6) is 0 Å². The van der Waals surface area contributed by atoms with E-state index in [2.05, 4.69) is 0 Å². The van der Waals surface area contributed by atoms with Gasteiger partial charge in [-0.15, -0.1) is 0 Å². The summed E-state index contributed by atoms with van der Waals surface area (Å²) in [4.78, 5) is 23.0. The highest BCUT2D eigenvalue weighted by Crippen LogP contribution is 2.30. The van der Waals surface area contributed by atoms with Crippen LogP contribution in [0.1, 0.15) is 44.0 Å². The smallest absolute Gasteiger partial charge is 0.309 e.